The minimum atomic E-state index is 0.836. The average molecular weight is 255 g/mol. The fraction of sp³-hybridized carbons (Fsp3) is 0.133. The lowest BCUT2D eigenvalue weighted by molar-refractivity contribution is -0.699. The molecule has 0 aliphatic heterocycles. The molecule has 0 bridgehead atoms. The van der Waals surface area contributed by atoms with E-state index in [1.807, 2.05) is 6.07 Å². The quantitative estimate of drug-likeness (QED) is 0.518. The smallest absolute Gasteiger partial charge is 0.231 e. The molecule has 0 spiro atoms. The van der Waals surface area contributed by atoms with Gasteiger partial charge in [0.2, 0.25) is 0 Å². The highest BCUT2D eigenvalue weighted by atomic mass is 32.1. The summed E-state index contributed by atoms with van der Waals surface area (Å²) in [6.45, 7) is 2.94. The van der Waals surface area contributed by atoms with Gasteiger partial charge in [-0.2, -0.15) is 0 Å². The molecule has 1 N–H and O–H groups in total. The van der Waals surface area contributed by atoms with Gasteiger partial charge in [-0.25, -0.2) is 9.55 Å². The van der Waals surface area contributed by atoms with Crippen molar-refractivity contribution in [2.45, 2.75) is 18.6 Å². The number of rotatable bonds is 2. The Hall–Kier alpha value is -1.74. The summed E-state index contributed by atoms with van der Waals surface area (Å²) < 4.78 is 2.18. The van der Waals surface area contributed by atoms with Gasteiger partial charge in [-0.3, -0.25) is 0 Å². The van der Waals surface area contributed by atoms with E-state index in [-0.39, 0.29) is 0 Å². The van der Waals surface area contributed by atoms with Crippen LogP contribution in [0.5, 0.6) is 0 Å². The van der Waals surface area contributed by atoms with E-state index in [4.69, 9.17) is 0 Å². The van der Waals surface area contributed by atoms with Gasteiger partial charge in [-0.05, 0) is 24.6 Å². The number of benzene rings is 2. The van der Waals surface area contributed by atoms with Crippen LogP contribution in [0.2, 0.25) is 0 Å². The number of hydrogen-bond acceptors (Lipinski definition) is 1. The topological polar surface area (TPSA) is 19.7 Å². The molecule has 1 aromatic heterocycles. The monoisotopic (exact) mass is 255 g/mol. The van der Waals surface area contributed by atoms with E-state index in [1.165, 1.54) is 16.6 Å². The van der Waals surface area contributed by atoms with Gasteiger partial charge in [0.1, 0.15) is 6.54 Å². The zero-order chi connectivity index (χ0) is 12.5. The molecule has 0 aliphatic carbocycles. The second-order valence-corrected chi connectivity index (χ2v) is 4.96. The van der Waals surface area contributed by atoms with Gasteiger partial charge >= 0.3 is 5.16 Å². The van der Waals surface area contributed by atoms with E-state index < -0.39 is 0 Å². The molecule has 18 heavy (non-hydrogen) atoms. The molecule has 2 nitrogen and oxygen atoms in total. The van der Waals surface area contributed by atoms with E-state index in [0.717, 1.165) is 17.2 Å². The Kier molecular flexibility index (Phi) is 2.84. The maximum Gasteiger partial charge on any atom is 0.313 e. The molecule has 0 atom stereocenters. The normalized spacial score (nSPS) is 11.0. The molecule has 0 saturated heterocycles. The third-order valence-corrected chi connectivity index (χ3v) is 3.51. The Bertz CT molecular complexity index is 683. The first-order chi connectivity index (χ1) is 8.74. The van der Waals surface area contributed by atoms with Gasteiger partial charge in [0.15, 0.2) is 11.0 Å². The largest absolute Gasteiger partial charge is 0.313 e. The minimum absolute atomic E-state index is 0.836. The Labute approximate surface area is 112 Å². The molecule has 0 radical (unpaired) electrons. The molecular weight excluding hydrogens is 240 g/mol. The molecule has 0 fully saturated rings. The maximum atomic E-state index is 4.51. The van der Waals surface area contributed by atoms with Gasteiger partial charge in [-0.15, -0.1) is 0 Å². The number of hydrogen-bond donors (Lipinski definition) is 2. The summed E-state index contributed by atoms with van der Waals surface area (Å²) in [4.78, 5) is 3.29. The Balaban J connectivity index is 2.04. The Morgan fingerprint density at radius 2 is 1.78 bits per heavy atom. The molecule has 0 saturated carbocycles. The molecule has 1 heterocycles. The van der Waals surface area contributed by atoms with Crippen molar-refractivity contribution in [3.8, 4) is 0 Å². The van der Waals surface area contributed by atoms with Gasteiger partial charge in [-0.1, -0.05) is 54.6 Å². The SMILES string of the molecule is Cc1ccc(C[n+]2c(S)[nH]c3ccccc32)cc1. The number of fused-ring (bicyclic) bond motifs is 1. The van der Waals surface area contributed by atoms with Crippen LogP contribution in [-0.2, 0) is 6.54 Å². The Morgan fingerprint density at radius 3 is 2.56 bits per heavy atom. The lowest BCUT2D eigenvalue weighted by atomic mass is 10.1. The predicted molar refractivity (Wildman–Crippen MR) is 76.0 cm³/mol. The summed E-state index contributed by atoms with van der Waals surface area (Å²) in [6, 6.07) is 16.9. The third kappa shape index (κ3) is 2.02. The first-order valence-corrected chi connectivity index (χ1v) is 6.44. The van der Waals surface area contributed by atoms with E-state index in [0.29, 0.717) is 0 Å². The second kappa shape index (κ2) is 4.50. The van der Waals surface area contributed by atoms with Crippen molar-refractivity contribution in [1.82, 2.24) is 4.98 Å². The zero-order valence-electron chi connectivity index (χ0n) is 10.2. The summed E-state index contributed by atoms with van der Waals surface area (Å²) in [5.41, 5.74) is 4.87. The number of para-hydroxylation sites is 2. The van der Waals surface area contributed by atoms with Crippen molar-refractivity contribution < 1.29 is 4.57 Å². The highest BCUT2D eigenvalue weighted by Crippen LogP contribution is 2.12. The van der Waals surface area contributed by atoms with Crippen molar-refractivity contribution in [1.29, 1.82) is 0 Å². The standard InChI is InChI=1S/C15H14N2S/c1-11-6-8-12(9-7-11)10-17-14-5-3-2-4-13(14)16-15(17)18/h2-9H,10H2,1H3,(H,16,18)/p+1. The van der Waals surface area contributed by atoms with Crippen LogP contribution in [-0.4, -0.2) is 4.98 Å². The molecule has 3 rings (SSSR count). The van der Waals surface area contributed by atoms with Crippen LogP contribution in [0, 0.1) is 6.92 Å². The molecule has 2 aromatic carbocycles. The number of nitrogens with zero attached hydrogens (tertiary/aromatic N) is 1. The van der Waals surface area contributed by atoms with Crippen LogP contribution in [0.15, 0.2) is 53.7 Å². The molecule has 3 heteroatoms. The molecule has 0 aliphatic rings. The van der Waals surface area contributed by atoms with Gasteiger partial charge in [0.25, 0.3) is 0 Å². The molecule has 0 unspecified atom stereocenters. The van der Waals surface area contributed by atoms with E-state index in [2.05, 4.69) is 71.6 Å². The Morgan fingerprint density at radius 1 is 1.06 bits per heavy atom. The summed E-state index contributed by atoms with van der Waals surface area (Å²) in [6.07, 6.45) is 0. The number of thiol groups is 1. The average Bonchev–Trinajstić information content (AvgIpc) is 2.69. The number of aryl methyl sites for hydroxylation is 1. The van der Waals surface area contributed by atoms with E-state index in [9.17, 15) is 0 Å². The molecule has 3 aromatic rings. The number of aromatic amines is 1. The highest BCUT2D eigenvalue weighted by molar-refractivity contribution is 7.80. The first-order valence-electron chi connectivity index (χ1n) is 5.99. The van der Waals surface area contributed by atoms with Gasteiger partial charge in [0.05, 0.1) is 0 Å². The van der Waals surface area contributed by atoms with Crippen molar-refractivity contribution in [3.05, 3.63) is 59.7 Å². The van der Waals surface area contributed by atoms with Crippen molar-refractivity contribution >= 4 is 23.7 Å². The van der Waals surface area contributed by atoms with Crippen molar-refractivity contribution in [3.63, 3.8) is 0 Å². The summed E-state index contributed by atoms with van der Waals surface area (Å²) in [5.74, 6) is 0. The predicted octanol–water partition coefficient (Wildman–Crippen LogP) is 3.10. The number of imidazole rings is 1. The summed E-state index contributed by atoms with van der Waals surface area (Å²) in [5, 5.41) is 0.886. The van der Waals surface area contributed by atoms with Gasteiger partial charge in [0, 0.05) is 0 Å². The van der Waals surface area contributed by atoms with E-state index >= 15 is 0 Å². The second-order valence-electron chi connectivity index (χ2n) is 4.54. The van der Waals surface area contributed by atoms with Crippen molar-refractivity contribution in [2.24, 2.45) is 0 Å². The van der Waals surface area contributed by atoms with Crippen molar-refractivity contribution in [2.75, 3.05) is 0 Å². The van der Waals surface area contributed by atoms with Crippen LogP contribution in [0.25, 0.3) is 11.0 Å². The number of nitrogens with one attached hydrogen (secondary N) is 1. The lowest BCUT2D eigenvalue weighted by Crippen LogP contribution is -2.34. The highest BCUT2D eigenvalue weighted by Gasteiger charge is 2.14. The third-order valence-electron chi connectivity index (χ3n) is 3.16. The zero-order valence-corrected chi connectivity index (χ0v) is 11.1. The van der Waals surface area contributed by atoms with Crippen LogP contribution in [0.3, 0.4) is 0 Å². The fourth-order valence-corrected chi connectivity index (χ4v) is 2.45. The summed E-state index contributed by atoms with van der Waals surface area (Å²) in [7, 11) is 0. The number of H-pyrrole nitrogens is 1. The van der Waals surface area contributed by atoms with Crippen LogP contribution < -0.4 is 4.57 Å². The van der Waals surface area contributed by atoms with E-state index in [1.54, 1.807) is 0 Å². The number of aromatic nitrogens is 2. The molecular formula is C15H15N2S+. The minimum Gasteiger partial charge on any atom is -0.231 e. The first kappa shape index (κ1) is 11.4. The van der Waals surface area contributed by atoms with Crippen LogP contribution >= 0.6 is 12.6 Å². The van der Waals surface area contributed by atoms with Crippen LogP contribution in [0.4, 0.5) is 0 Å². The maximum absolute atomic E-state index is 4.51. The fourth-order valence-electron chi connectivity index (χ4n) is 2.15. The van der Waals surface area contributed by atoms with Crippen LogP contribution in [0.1, 0.15) is 11.1 Å². The molecule has 0 amide bonds. The van der Waals surface area contributed by atoms with Gasteiger partial charge < -0.3 is 0 Å². The molecule has 90 valence electrons. The lowest BCUT2D eigenvalue weighted by Gasteiger charge is -2.01. The summed E-state index contributed by atoms with van der Waals surface area (Å²) >= 11 is 4.51.